The number of nitrogens with zero attached hydrogens (tertiary/aromatic N) is 1. The van der Waals surface area contributed by atoms with E-state index in [9.17, 15) is 4.79 Å². The summed E-state index contributed by atoms with van der Waals surface area (Å²) in [6.07, 6.45) is 2.84. The molecule has 0 aromatic carbocycles. The molecule has 0 spiro atoms. The Bertz CT molecular complexity index is 250. The van der Waals surface area contributed by atoms with Crippen LogP contribution in [0.2, 0.25) is 0 Å². The lowest BCUT2D eigenvalue weighted by Crippen LogP contribution is -2.16. The molecule has 1 aromatic heterocycles. The predicted octanol–water partition coefficient (Wildman–Crippen LogP) is -0.674. The van der Waals surface area contributed by atoms with Gasteiger partial charge in [-0.1, -0.05) is 0 Å². The minimum absolute atomic E-state index is 0.373. The molecule has 0 fully saturated rings. The Balaban J connectivity index is 2.59. The maximum atomic E-state index is 10.5. The van der Waals surface area contributed by atoms with Crippen LogP contribution in [-0.2, 0) is 0 Å². The average molecular weight is 155 g/mol. The average Bonchev–Trinajstić information content (AvgIpc) is 2.04. The minimum Gasteiger partial charge on any atom is -0.475 e. The highest BCUT2D eigenvalue weighted by Gasteiger charge is 1.90. The van der Waals surface area contributed by atoms with Crippen molar-refractivity contribution in [1.29, 1.82) is 0 Å². The maximum absolute atomic E-state index is 10.5. The molecule has 0 bridgehead atoms. The molecule has 1 rings (SSSR count). The van der Waals surface area contributed by atoms with Crippen molar-refractivity contribution < 1.29 is 4.74 Å². The summed E-state index contributed by atoms with van der Waals surface area (Å²) < 4.78 is 5.07. The number of nitrogens with one attached hydrogen (secondary N) is 2. The number of aromatic amines is 1. The number of H-pyrrole nitrogens is 1. The van der Waals surface area contributed by atoms with E-state index in [1.54, 1.807) is 7.05 Å². The largest absolute Gasteiger partial charge is 0.475 e. The van der Waals surface area contributed by atoms with Crippen LogP contribution in [0, 0.1) is 0 Å². The van der Waals surface area contributed by atoms with E-state index in [4.69, 9.17) is 4.74 Å². The molecule has 0 unspecified atom stereocenters. The van der Waals surface area contributed by atoms with Gasteiger partial charge in [0, 0.05) is 6.20 Å². The van der Waals surface area contributed by atoms with Gasteiger partial charge in [-0.2, -0.15) is 4.98 Å². The SMILES string of the molecule is CNCOc1cnc(=O)[nH]c1. The molecule has 5 nitrogen and oxygen atoms in total. The first-order chi connectivity index (χ1) is 5.33. The lowest BCUT2D eigenvalue weighted by atomic mass is 10.6. The second kappa shape index (κ2) is 3.72. The second-order valence-corrected chi connectivity index (χ2v) is 1.90. The van der Waals surface area contributed by atoms with E-state index in [1.165, 1.54) is 12.4 Å². The van der Waals surface area contributed by atoms with Crippen molar-refractivity contribution >= 4 is 0 Å². The van der Waals surface area contributed by atoms with Gasteiger partial charge in [0.25, 0.3) is 0 Å². The Hall–Kier alpha value is -1.36. The molecular weight excluding hydrogens is 146 g/mol. The summed E-state index contributed by atoms with van der Waals surface area (Å²) in [6.45, 7) is 0.397. The number of rotatable bonds is 3. The molecule has 60 valence electrons. The Morgan fingerprint density at radius 1 is 1.82 bits per heavy atom. The number of ether oxygens (including phenoxy) is 1. The van der Waals surface area contributed by atoms with Gasteiger partial charge in [0.05, 0.1) is 6.20 Å². The van der Waals surface area contributed by atoms with Crippen molar-refractivity contribution in [2.75, 3.05) is 13.8 Å². The van der Waals surface area contributed by atoms with Crippen LogP contribution in [0.25, 0.3) is 0 Å². The van der Waals surface area contributed by atoms with Crippen LogP contribution in [0.5, 0.6) is 5.75 Å². The molecule has 1 aromatic rings. The fourth-order valence-electron chi connectivity index (χ4n) is 0.564. The Morgan fingerprint density at radius 3 is 3.18 bits per heavy atom. The topological polar surface area (TPSA) is 67.0 Å². The number of aromatic nitrogens is 2. The molecule has 0 saturated heterocycles. The lowest BCUT2D eigenvalue weighted by molar-refractivity contribution is 0.293. The summed E-state index contributed by atoms with van der Waals surface area (Å²) in [6, 6.07) is 0. The molecule has 1 heterocycles. The molecule has 2 N–H and O–H groups in total. The van der Waals surface area contributed by atoms with Crippen LogP contribution < -0.4 is 15.7 Å². The molecule has 0 saturated carbocycles. The van der Waals surface area contributed by atoms with Gasteiger partial charge in [-0.05, 0) is 7.05 Å². The fourth-order valence-corrected chi connectivity index (χ4v) is 0.564. The molecule has 0 aliphatic carbocycles. The zero-order valence-electron chi connectivity index (χ0n) is 6.13. The molecule has 0 amide bonds. The fraction of sp³-hybridized carbons (Fsp3) is 0.333. The summed E-state index contributed by atoms with van der Waals surface area (Å²) in [4.78, 5) is 16.3. The van der Waals surface area contributed by atoms with E-state index in [0.717, 1.165) is 0 Å². The van der Waals surface area contributed by atoms with Gasteiger partial charge >= 0.3 is 5.69 Å². The number of hydrogen-bond donors (Lipinski definition) is 2. The van der Waals surface area contributed by atoms with E-state index in [2.05, 4.69) is 15.3 Å². The Labute approximate surface area is 63.4 Å². The monoisotopic (exact) mass is 155 g/mol. The molecule has 11 heavy (non-hydrogen) atoms. The van der Waals surface area contributed by atoms with E-state index in [-0.39, 0.29) is 5.69 Å². The highest BCUT2D eigenvalue weighted by molar-refractivity contribution is 5.09. The third kappa shape index (κ3) is 2.38. The molecule has 0 aliphatic rings. The summed E-state index contributed by atoms with van der Waals surface area (Å²) in [7, 11) is 1.76. The van der Waals surface area contributed by atoms with Crippen molar-refractivity contribution in [2.24, 2.45) is 0 Å². The standard InChI is InChI=1S/C6H9N3O2/c1-7-4-11-5-2-8-6(10)9-3-5/h2-3,7H,4H2,1H3,(H,8,9,10). The van der Waals surface area contributed by atoms with Crippen LogP contribution in [0.3, 0.4) is 0 Å². The van der Waals surface area contributed by atoms with Crippen LogP contribution >= 0.6 is 0 Å². The normalized spacial score (nSPS) is 9.55. The van der Waals surface area contributed by atoms with Crippen molar-refractivity contribution in [2.45, 2.75) is 0 Å². The highest BCUT2D eigenvalue weighted by Crippen LogP contribution is 2.00. The van der Waals surface area contributed by atoms with Crippen LogP contribution in [0.1, 0.15) is 0 Å². The third-order valence-electron chi connectivity index (χ3n) is 1.03. The molecule has 0 radical (unpaired) electrons. The van der Waals surface area contributed by atoms with Crippen molar-refractivity contribution in [3.8, 4) is 5.75 Å². The quantitative estimate of drug-likeness (QED) is 0.568. The van der Waals surface area contributed by atoms with E-state index in [1.807, 2.05) is 0 Å². The van der Waals surface area contributed by atoms with Gasteiger partial charge in [-0.3, -0.25) is 5.32 Å². The molecule has 5 heteroatoms. The molecule has 0 aliphatic heterocycles. The molecular formula is C6H9N3O2. The maximum Gasteiger partial charge on any atom is 0.345 e. The summed E-state index contributed by atoms with van der Waals surface area (Å²) >= 11 is 0. The summed E-state index contributed by atoms with van der Waals surface area (Å²) in [5.74, 6) is 0.541. The summed E-state index contributed by atoms with van der Waals surface area (Å²) in [5, 5.41) is 2.79. The first-order valence-corrected chi connectivity index (χ1v) is 3.15. The van der Waals surface area contributed by atoms with Gasteiger partial charge in [-0.25, -0.2) is 4.79 Å². The van der Waals surface area contributed by atoms with Crippen LogP contribution in [0.4, 0.5) is 0 Å². The van der Waals surface area contributed by atoms with Crippen LogP contribution in [0.15, 0.2) is 17.2 Å². The van der Waals surface area contributed by atoms with E-state index in [0.29, 0.717) is 12.5 Å². The van der Waals surface area contributed by atoms with Gasteiger partial charge < -0.3 is 9.72 Å². The first kappa shape index (κ1) is 7.74. The van der Waals surface area contributed by atoms with Gasteiger partial charge in [-0.15, -0.1) is 0 Å². The highest BCUT2D eigenvalue weighted by atomic mass is 16.5. The summed E-state index contributed by atoms with van der Waals surface area (Å²) in [5.41, 5.74) is -0.373. The van der Waals surface area contributed by atoms with Gasteiger partial charge in [0.1, 0.15) is 6.73 Å². The lowest BCUT2D eigenvalue weighted by Gasteiger charge is -2.01. The van der Waals surface area contributed by atoms with E-state index >= 15 is 0 Å². The van der Waals surface area contributed by atoms with E-state index < -0.39 is 0 Å². The zero-order chi connectivity index (χ0) is 8.10. The van der Waals surface area contributed by atoms with Crippen molar-refractivity contribution in [3.63, 3.8) is 0 Å². The number of hydrogen-bond acceptors (Lipinski definition) is 4. The molecule has 0 atom stereocenters. The Morgan fingerprint density at radius 2 is 2.64 bits per heavy atom. The van der Waals surface area contributed by atoms with Crippen molar-refractivity contribution in [1.82, 2.24) is 15.3 Å². The minimum atomic E-state index is -0.373. The van der Waals surface area contributed by atoms with Gasteiger partial charge in [0.15, 0.2) is 5.75 Å². The van der Waals surface area contributed by atoms with Crippen LogP contribution in [-0.4, -0.2) is 23.7 Å². The van der Waals surface area contributed by atoms with Gasteiger partial charge in [0.2, 0.25) is 0 Å². The first-order valence-electron chi connectivity index (χ1n) is 3.15. The second-order valence-electron chi connectivity index (χ2n) is 1.90. The smallest absolute Gasteiger partial charge is 0.345 e. The van der Waals surface area contributed by atoms with Crippen molar-refractivity contribution in [3.05, 3.63) is 22.9 Å². The third-order valence-corrected chi connectivity index (χ3v) is 1.03. The Kier molecular flexibility index (Phi) is 2.62. The predicted molar refractivity (Wildman–Crippen MR) is 39.4 cm³/mol. The zero-order valence-corrected chi connectivity index (χ0v) is 6.13.